The number of hydrogen-bond acceptors (Lipinski definition) is 4. The molecule has 8 heteroatoms. The molecule has 3 aromatic rings. The van der Waals surface area contributed by atoms with Crippen molar-refractivity contribution in [3.8, 4) is 17.1 Å². The largest absolute Gasteiger partial charge is 0.477 e. The van der Waals surface area contributed by atoms with Gasteiger partial charge in [-0.1, -0.05) is 18.6 Å². The Bertz CT molecular complexity index is 947. The molecule has 0 saturated carbocycles. The minimum absolute atomic E-state index is 0.474. The molecule has 154 valence electrons. The van der Waals surface area contributed by atoms with Crippen LogP contribution in [-0.2, 0) is 6.18 Å². The fourth-order valence-corrected chi connectivity index (χ4v) is 3.61. The molecule has 1 fully saturated rings. The first-order valence-electron chi connectivity index (χ1n) is 9.88. The Hall–Kier alpha value is -2.61. The first kappa shape index (κ1) is 19.7. The summed E-state index contributed by atoms with van der Waals surface area (Å²) in [6.07, 6.45) is 2.04. The zero-order valence-corrected chi connectivity index (χ0v) is 16.0. The van der Waals surface area contributed by atoms with Gasteiger partial charge in [0, 0.05) is 18.2 Å². The molecular weight excluding hydrogens is 381 g/mol. The third-order valence-corrected chi connectivity index (χ3v) is 5.16. The van der Waals surface area contributed by atoms with Crippen molar-refractivity contribution in [3.63, 3.8) is 0 Å². The Morgan fingerprint density at radius 2 is 1.72 bits per heavy atom. The SMILES string of the molecule is FC(F)(F)c1ccc(-c2cnc3ccc(OCCCN4CCCCC4)nn23)cc1. The van der Waals surface area contributed by atoms with Crippen LogP contribution in [0.1, 0.15) is 31.2 Å². The van der Waals surface area contributed by atoms with Crippen LogP contribution in [0.15, 0.2) is 42.6 Å². The molecule has 0 amide bonds. The van der Waals surface area contributed by atoms with Crippen LogP contribution in [0.4, 0.5) is 13.2 Å². The predicted molar refractivity (Wildman–Crippen MR) is 104 cm³/mol. The Morgan fingerprint density at radius 3 is 2.45 bits per heavy atom. The average Bonchev–Trinajstić information content (AvgIpc) is 3.15. The van der Waals surface area contributed by atoms with Gasteiger partial charge < -0.3 is 9.64 Å². The zero-order valence-electron chi connectivity index (χ0n) is 16.0. The Kier molecular flexibility index (Phi) is 5.71. The van der Waals surface area contributed by atoms with Crippen molar-refractivity contribution in [2.45, 2.75) is 31.9 Å². The molecule has 29 heavy (non-hydrogen) atoms. The van der Waals surface area contributed by atoms with E-state index in [4.69, 9.17) is 4.74 Å². The highest BCUT2D eigenvalue weighted by atomic mass is 19.4. The number of imidazole rings is 1. The lowest BCUT2D eigenvalue weighted by Gasteiger charge is -2.26. The standard InChI is InChI=1S/C21H23F3N4O/c22-21(23,24)17-7-5-16(6-8-17)18-15-25-19-9-10-20(26-28(18)19)29-14-4-13-27-11-2-1-3-12-27/h5-10,15H,1-4,11-14H2. The summed E-state index contributed by atoms with van der Waals surface area (Å²) in [7, 11) is 0. The van der Waals surface area contributed by atoms with Crippen molar-refractivity contribution in [1.82, 2.24) is 19.5 Å². The number of benzene rings is 1. The normalized spacial score (nSPS) is 15.7. The van der Waals surface area contributed by atoms with Gasteiger partial charge in [0.05, 0.1) is 24.1 Å². The highest BCUT2D eigenvalue weighted by molar-refractivity contribution is 5.63. The Morgan fingerprint density at radius 1 is 0.966 bits per heavy atom. The van der Waals surface area contributed by atoms with E-state index in [1.807, 2.05) is 0 Å². The van der Waals surface area contributed by atoms with E-state index in [2.05, 4.69) is 15.0 Å². The molecule has 0 bridgehead atoms. The van der Waals surface area contributed by atoms with Gasteiger partial charge in [-0.3, -0.25) is 0 Å². The van der Waals surface area contributed by atoms with Gasteiger partial charge in [-0.2, -0.15) is 13.2 Å². The number of piperidine rings is 1. The summed E-state index contributed by atoms with van der Waals surface area (Å²) in [5.41, 5.74) is 1.16. The third-order valence-electron chi connectivity index (χ3n) is 5.16. The molecule has 0 N–H and O–H groups in total. The molecule has 1 aliphatic rings. The first-order chi connectivity index (χ1) is 14.0. The second kappa shape index (κ2) is 8.41. The molecule has 0 radical (unpaired) electrons. The number of aromatic nitrogens is 3. The molecule has 0 aliphatic carbocycles. The van der Waals surface area contributed by atoms with Crippen molar-refractivity contribution < 1.29 is 17.9 Å². The highest BCUT2D eigenvalue weighted by Crippen LogP contribution is 2.31. The maximum atomic E-state index is 12.8. The number of fused-ring (bicyclic) bond motifs is 1. The lowest BCUT2D eigenvalue weighted by molar-refractivity contribution is -0.137. The van der Waals surface area contributed by atoms with Crippen molar-refractivity contribution in [3.05, 3.63) is 48.2 Å². The second-order valence-electron chi connectivity index (χ2n) is 7.26. The van der Waals surface area contributed by atoms with E-state index in [9.17, 15) is 13.2 Å². The Labute approximate surface area is 167 Å². The van der Waals surface area contributed by atoms with E-state index >= 15 is 0 Å². The molecule has 4 rings (SSSR count). The van der Waals surface area contributed by atoms with Crippen molar-refractivity contribution in [1.29, 1.82) is 0 Å². The summed E-state index contributed by atoms with van der Waals surface area (Å²) in [5, 5.41) is 4.46. The molecule has 1 saturated heterocycles. The predicted octanol–water partition coefficient (Wildman–Crippen LogP) is 4.67. The van der Waals surface area contributed by atoms with Gasteiger partial charge in [-0.05, 0) is 50.6 Å². The van der Waals surface area contributed by atoms with E-state index in [0.717, 1.165) is 38.2 Å². The number of hydrogen-bond donors (Lipinski definition) is 0. The number of alkyl halides is 3. The monoisotopic (exact) mass is 404 g/mol. The van der Waals surface area contributed by atoms with Crippen LogP contribution in [0, 0.1) is 0 Å². The number of rotatable bonds is 6. The van der Waals surface area contributed by atoms with E-state index in [0.29, 0.717) is 29.4 Å². The summed E-state index contributed by atoms with van der Waals surface area (Å²) in [4.78, 5) is 6.74. The van der Waals surface area contributed by atoms with E-state index in [-0.39, 0.29) is 0 Å². The molecule has 2 aromatic heterocycles. The van der Waals surface area contributed by atoms with Gasteiger partial charge in [0.2, 0.25) is 5.88 Å². The van der Waals surface area contributed by atoms with Crippen molar-refractivity contribution in [2.75, 3.05) is 26.2 Å². The highest BCUT2D eigenvalue weighted by Gasteiger charge is 2.30. The molecule has 1 aromatic carbocycles. The van der Waals surface area contributed by atoms with Crippen LogP contribution in [0.3, 0.4) is 0 Å². The molecule has 1 aliphatic heterocycles. The minimum atomic E-state index is -4.36. The summed E-state index contributed by atoms with van der Waals surface area (Å²) < 4.78 is 45.7. The Balaban J connectivity index is 1.43. The minimum Gasteiger partial charge on any atom is -0.477 e. The van der Waals surface area contributed by atoms with Crippen LogP contribution in [-0.4, -0.2) is 45.7 Å². The summed E-state index contributed by atoms with van der Waals surface area (Å²) >= 11 is 0. The zero-order chi connectivity index (χ0) is 20.3. The van der Waals surface area contributed by atoms with Crippen LogP contribution < -0.4 is 4.74 Å². The molecule has 3 heterocycles. The molecule has 0 spiro atoms. The quantitative estimate of drug-likeness (QED) is 0.560. The maximum absolute atomic E-state index is 12.8. The van der Waals surface area contributed by atoms with E-state index in [1.54, 1.807) is 22.8 Å². The number of ether oxygens (including phenoxy) is 1. The fraction of sp³-hybridized carbons (Fsp3) is 0.429. The maximum Gasteiger partial charge on any atom is 0.416 e. The summed E-state index contributed by atoms with van der Waals surface area (Å²) in [6.45, 7) is 3.91. The van der Waals surface area contributed by atoms with Gasteiger partial charge in [-0.25, -0.2) is 9.50 Å². The van der Waals surface area contributed by atoms with Crippen LogP contribution in [0.2, 0.25) is 0 Å². The lowest BCUT2D eigenvalue weighted by Crippen LogP contribution is -2.31. The van der Waals surface area contributed by atoms with Gasteiger partial charge in [0.15, 0.2) is 5.65 Å². The van der Waals surface area contributed by atoms with Gasteiger partial charge in [0.25, 0.3) is 0 Å². The fourth-order valence-electron chi connectivity index (χ4n) is 3.61. The van der Waals surface area contributed by atoms with Crippen LogP contribution >= 0.6 is 0 Å². The van der Waals surface area contributed by atoms with E-state index in [1.165, 1.54) is 31.4 Å². The molecular formula is C21H23F3N4O. The lowest BCUT2D eigenvalue weighted by atomic mass is 10.1. The van der Waals surface area contributed by atoms with Gasteiger partial charge in [-0.15, -0.1) is 5.10 Å². The van der Waals surface area contributed by atoms with Crippen molar-refractivity contribution >= 4 is 5.65 Å². The second-order valence-corrected chi connectivity index (χ2v) is 7.26. The first-order valence-corrected chi connectivity index (χ1v) is 9.88. The molecule has 5 nitrogen and oxygen atoms in total. The van der Waals surface area contributed by atoms with E-state index < -0.39 is 11.7 Å². The molecule has 0 atom stereocenters. The summed E-state index contributed by atoms with van der Waals surface area (Å²) in [5.74, 6) is 0.474. The summed E-state index contributed by atoms with van der Waals surface area (Å²) in [6, 6.07) is 8.55. The number of nitrogens with zero attached hydrogens (tertiary/aromatic N) is 4. The van der Waals surface area contributed by atoms with Crippen LogP contribution in [0.5, 0.6) is 5.88 Å². The number of halogens is 3. The average molecular weight is 404 g/mol. The third kappa shape index (κ3) is 4.70. The molecule has 0 unspecified atom stereocenters. The topological polar surface area (TPSA) is 42.7 Å². The number of likely N-dealkylation sites (tertiary alicyclic amines) is 1. The van der Waals surface area contributed by atoms with Gasteiger partial charge >= 0.3 is 6.18 Å². The van der Waals surface area contributed by atoms with Crippen LogP contribution in [0.25, 0.3) is 16.9 Å². The van der Waals surface area contributed by atoms with Crippen molar-refractivity contribution in [2.24, 2.45) is 0 Å². The smallest absolute Gasteiger partial charge is 0.416 e. The van der Waals surface area contributed by atoms with Gasteiger partial charge in [0.1, 0.15) is 0 Å².